The molecule has 4 aromatic rings. The van der Waals surface area contributed by atoms with Gasteiger partial charge < -0.3 is 15.0 Å². The smallest absolute Gasteiger partial charge is 0.407 e. The lowest BCUT2D eigenvalue weighted by Gasteiger charge is -2.10. The van der Waals surface area contributed by atoms with E-state index in [0.717, 1.165) is 39.8 Å². The van der Waals surface area contributed by atoms with Gasteiger partial charge in [-0.25, -0.2) is 9.78 Å². The van der Waals surface area contributed by atoms with Gasteiger partial charge in [0.1, 0.15) is 5.65 Å². The fraction of sp³-hybridized carbons (Fsp3) is 0.222. The van der Waals surface area contributed by atoms with Gasteiger partial charge in [0.05, 0.1) is 11.7 Å². The van der Waals surface area contributed by atoms with Crippen molar-refractivity contribution in [3.63, 3.8) is 0 Å². The summed E-state index contributed by atoms with van der Waals surface area (Å²) < 4.78 is 1.61. The minimum Gasteiger partial charge on any atom is -0.465 e. The van der Waals surface area contributed by atoms with Crippen LogP contribution in [0.15, 0.2) is 42.9 Å². The fourth-order valence-corrected chi connectivity index (χ4v) is 3.73. The molecule has 8 nitrogen and oxygen atoms in total. The first kappa shape index (κ1) is 14.9. The quantitative estimate of drug-likeness (QED) is 0.580. The van der Waals surface area contributed by atoms with Gasteiger partial charge in [-0.05, 0) is 36.2 Å². The van der Waals surface area contributed by atoms with Gasteiger partial charge in [0.2, 0.25) is 0 Å². The standard InChI is InChI=1S/C18H16N6O2/c25-18(26)23-7-4-11(10-23)15-8-13-12(3-6-19-17(13)22-15)14-9-21-24-16(14)2-1-5-20-24/h1-3,5-6,8-9,11H,4,7,10H2,(H,19,22)(H,25,26). The summed E-state index contributed by atoms with van der Waals surface area (Å²) in [6.45, 7) is 1.08. The lowest BCUT2D eigenvalue weighted by atomic mass is 10.0. The third-order valence-corrected chi connectivity index (χ3v) is 5.05. The van der Waals surface area contributed by atoms with Crippen LogP contribution in [0.4, 0.5) is 4.79 Å². The Morgan fingerprint density at radius 2 is 2.15 bits per heavy atom. The lowest BCUT2D eigenvalue weighted by Crippen LogP contribution is -2.26. The van der Waals surface area contributed by atoms with Crippen molar-refractivity contribution in [1.82, 2.24) is 29.7 Å². The predicted octanol–water partition coefficient (Wildman–Crippen LogP) is 2.74. The second kappa shape index (κ2) is 5.55. The van der Waals surface area contributed by atoms with E-state index >= 15 is 0 Å². The number of nitrogens with zero attached hydrogens (tertiary/aromatic N) is 5. The van der Waals surface area contributed by atoms with Crippen molar-refractivity contribution in [2.45, 2.75) is 12.3 Å². The average molecular weight is 348 g/mol. The molecule has 0 aromatic carbocycles. The van der Waals surface area contributed by atoms with Gasteiger partial charge in [-0.2, -0.15) is 14.8 Å². The molecule has 0 radical (unpaired) electrons. The van der Waals surface area contributed by atoms with E-state index in [1.807, 2.05) is 24.4 Å². The van der Waals surface area contributed by atoms with Gasteiger partial charge in [0.15, 0.2) is 0 Å². The summed E-state index contributed by atoms with van der Waals surface area (Å²) in [7, 11) is 0. The summed E-state index contributed by atoms with van der Waals surface area (Å²) in [5, 5.41) is 18.7. The minimum atomic E-state index is -0.860. The summed E-state index contributed by atoms with van der Waals surface area (Å²) >= 11 is 0. The summed E-state index contributed by atoms with van der Waals surface area (Å²) in [4.78, 5) is 20.5. The molecule has 0 aliphatic carbocycles. The van der Waals surface area contributed by atoms with Crippen LogP contribution in [0.1, 0.15) is 18.0 Å². The number of carboxylic acid groups (broad SMARTS) is 1. The number of aromatic nitrogens is 5. The van der Waals surface area contributed by atoms with Crippen LogP contribution in [0.2, 0.25) is 0 Å². The first-order valence-electron chi connectivity index (χ1n) is 8.45. The molecule has 1 aliphatic heterocycles. The highest BCUT2D eigenvalue weighted by molar-refractivity contribution is 5.97. The van der Waals surface area contributed by atoms with E-state index in [1.165, 1.54) is 4.90 Å². The van der Waals surface area contributed by atoms with E-state index in [-0.39, 0.29) is 5.92 Å². The van der Waals surface area contributed by atoms with E-state index in [0.29, 0.717) is 13.1 Å². The van der Waals surface area contributed by atoms with Crippen molar-refractivity contribution < 1.29 is 9.90 Å². The first-order valence-corrected chi connectivity index (χ1v) is 8.45. The zero-order chi connectivity index (χ0) is 17.7. The van der Waals surface area contributed by atoms with Crippen molar-refractivity contribution in [3.05, 3.63) is 48.5 Å². The second-order valence-electron chi connectivity index (χ2n) is 6.52. The Hall–Kier alpha value is -3.42. The molecule has 0 saturated carbocycles. The van der Waals surface area contributed by atoms with Crippen molar-refractivity contribution in [3.8, 4) is 11.1 Å². The third-order valence-electron chi connectivity index (χ3n) is 5.05. The molecule has 4 aromatic heterocycles. The van der Waals surface area contributed by atoms with Gasteiger partial charge in [0, 0.05) is 48.0 Å². The largest absolute Gasteiger partial charge is 0.465 e. The van der Waals surface area contributed by atoms with Gasteiger partial charge in [-0.1, -0.05) is 0 Å². The number of likely N-dealkylation sites (tertiary alicyclic amines) is 1. The van der Waals surface area contributed by atoms with E-state index in [1.54, 1.807) is 17.0 Å². The zero-order valence-electron chi connectivity index (χ0n) is 13.8. The van der Waals surface area contributed by atoms with E-state index in [2.05, 4.69) is 26.2 Å². The van der Waals surface area contributed by atoms with E-state index in [9.17, 15) is 9.90 Å². The molecule has 1 fully saturated rings. The molecule has 1 amide bonds. The van der Waals surface area contributed by atoms with Gasteiger partial charge in [-0.3, -0.25) is 0 Å². The minimum absolute atomic E-state index is 0.165. The molecule has 5 rings (SSSR count). The summed E-state index contributed by atoms with van der Waals surface area (Å²) in [5.41, 5.74) is 4.79. The fourth-order valence-electron chi connectivity index (χ4n) is 3.73. The summed E-state index contributed by atoms with van der Waals surface area (Å²) in [6, 6.07) is 7.94. The van der Waals surface area contributed by atoms with Gasteiger partial charge >= 0.3 is 6.09 Å². The number of rotatable bonds is 2. The molecule has 2 N–H and O–H groups in total. The molecule has 1 unspecified atom stereocenters. The molecule has 0 spiro atoms. The van der Waals surface area contributed by atoms with Crippen molar-refractivity contribution in [1.29, 1.82) is 0 Å². The Morgan fingerprint density at radius 1 is 1.23 bits per heavy atom. The number of nitrogens with one attached hydrogen (secondary N) is 1. The number of hydrogen-bond acceptors (Lipinski definition) is 4. The van der Waals surface area contributed by atoms with Crippen LogP contribution >= 0.6 is 0 Å². The van der Waals surface area contributed by atoms with Gasteiger partial charge in [-0.15, -0.1) is 0 Å². The molecular formula is C18H16N6O2. The Labute approximate surface area is 148 Å². The SMILES string of the molecule is O=C(O)N1CCC(c2cc3c(-c4cnn5ncccc45)ccnc3[nH]2)C1. The third kappa shape index (κ3) is 2.22. The summed E-state index contributed by atoms with van der Waals surface area (Å²) in [5.74, 6) is 0.165. The molecule has 130 valence electrons. The molecular weight excluding hydrogens is 332 g/mol. The number of carbonyl (C=O) groups is 1. The van der Waals surface area contributed by atoms with Crippen LogP contribution in [0.25, 0.3) is 27.7 Å². The van der Waals surface area contributed by atoms with Crippen molar-refractivity contribution in [2.24, 2.45) is 0 Å². The van der Waals surface area contributed by atoms with Crippen molar-refractivity contribution in [2.75, 3.05) is 13.1 Å². The molecule has 1 saturated heterocycles. The predicted molar refractivity (Wildman–Crippen MR) is 95.0 cm³/mol. The number of fused-ring (bicyclic) bond motifs is 2. The van der Waals surface area contributed by atoms with Crippen LogP contribution in [0.3, 0.4) is 0 Å². The van der Waals surface area contributed by atoms with Crippen LogP contribution in [0, 0.1) is 0 Å². The number of H-pyrrole nitrogens is 1. The van der Waals surface area contributed by atoms with Crippen LogP contribution < -0.4 is 0 Å². The number of hydrogen-bond donors (Lipinski definition) is 2. The highest BCUT2D eigenvalue weighted by Crippen LogP contribution is 2.34. The summed E-state index contributed by atoms with van der Waals surface area (Å²) in [6.07, 6.45) is 5.24. The highest BCUT2D eigenvalue weighted by Gasteiger charge is 2.28. The Bertz CT molecular complexity index is 1130. The maximum Gasteiger partial charge on any atom is 0.407 e. The number of pyridine rings is 1. The molecule has 1 atom stereocenters. The zero-order valence-corrected chi connectivity index (χ0v) is 13.8. The molecule has 26 heavy (non-hydrogen) atoms. The van der Waals surface area contributed by atoms with Gasteiger partial charge in [0.25, 0.3) is 0 Å². The van der Waals surface area contributed by atoms with Crippen LogP contribution in [-0.2, 0) is 0 Å². The maximum absolute atomic E-state index is 11.2. The van der Waals surface area contributed by atoms with Crippen LogP contribution in [0.5, 0.6) is 0 Å². The topological polar surface area (TPSA) is 99.4 Å². The monoisotopic (exact) mass is 348 g/mol. The van der Waals surface area contributed by atoms with E-state index in [4.69, 9.17) is 0 Å². The van der Waals surface area contributed by atoms with Crippen molar-refractivity contribution >= 4 is 22.6 Å². The number of aromatic amines is 1. The average Bonchev–Trinajstić information content (AvgIpc) is 3.37. The Kier molecular flexibility index (Phi) is 3.18. The maximum atomic E-state index is 11.2. The lowest BCUT2D eigenvalue weighted by molar-refractivity contribution is 0.155. The molecule has 8 heteroatoms. The Morgan fingerprint density at radius 3 is 3.00 bits per heavy atom. The Balaban J connectivity index is 1.60. The number of amides is 1. The first-order chi connectivity index (χ1) is 12.7. The highest BCUT2D eigenvalue weighted by atomic mass is 16.4. The van der Waals surface area contributed by atoms with Crippen LogP contribution in [-0.4, -0.2) is 54.0 Å². The molecule has 5 heterocycles. The second-order valence-corrected chi connectivity index (χ2v) is 6.52. The normalized spacial score (nSPS) is 17.4. The molecule has 0 bridgehead atoms. The van der Waals surface area contributed by atoms with E-state index < -0.39 is 6.09 Å². The molecule has 1 aliphatic rings.